The van der Waals surface area contributed by atoms with Crippen molar-refractivity contribution in [2.24, 2.45) is 0 Å². The summed E-state index contributed by atoms with van der Waals surface area (Å²) in [6.07, 6.45) is 2.15. The fraction of sp³-hybridized carbons (Fsp3) is 0.333. The van der Waals surface area contributed by atoms with E-state index in [0.717, 1.165) is 12.8 Å². The topological polar surface area (TPSA) is 59.2 Å². The average Bonchev–Trinajstić information content (AvgIpc) is 2.73. The van der Waals surface area contributed by atoms with Crippen LogP contribution < -0.4 is 4.74 Å². The van der Waals surface area contributed by atoms with Crippen molar-refractivity contribution >= 4 is 34.3 Å². The summed E-state index contributed by atoms with van der Waals surface area (Å²) in [7, 11) is 0. The van der Waals surface area contributed by atoms with Gasteiger partial charge in [-0.3, -0.25) is 9.59 Å². The van der Waals surface area contributed by atoms with E-state index in [4.69, 9.17) is 16.3 Å². The standard InChI is InChI=1S/C15H16ClNO3/c1-3-4-5-13(19)14-15(20-9(2)18)11-7-6-10(16)8-12(11)17-14/h6-8,17H,3-5H2,1-2H3. The van der Waals surface area contributed by atoms with Gasteiger partial charge in [-0.1, -0.05) is 24.9 Å². The molecule has 20 heavy (non-hydrogen) atoms. The summed E-state index contributed by atoms with van der Waals surface area (Å²) >= 11 is 5.94. The number of hydrogen-bond acceptors (Lipinski definition) is 3. The maximum Gasteiger partial charge on any atom is 0.308 e. The average molecular weight is 294 g/mol. The molecule has 0 aliphatic heterocycles. The summed E-state index contributed by atoms with van der Waals surface area (Å²) in [4.78, 5) is 26.4. The number of carbonyl (C=O) groups is 2. The Morgan fingerprint density at radius 2 is 2.10 bits per heavy atom. The fourth-order valence-corrected chi connectivity index (χ4v) is 2.22. The van der Waals surface area contributed by atoms with Crippen molar-refractivity contribution in [3.63, 3.8) is 0 Å². The predicted molar refractivity (Wildman–Crippen MR) is 78.5 cm³/mol. The summed E-state index contributed by atoms with van der Waals surface area (Å²) in [6, 6.07) is 5.15. The number of carbonyl (C=O) groups excluding carboxylic acids is 2. The number of H-pyrrole nitrogens is 1. The highest BCUT2D eigenvalue weighted by Crippen LogP contribution is 2.33. The predicted octanol–water partition coefficient (Wildman–Crippen LogP) is 4.12. The lowest BCUT2D eigenvalue weighted by Crippen LogP contribution is -2.07. The highest BCUT2D eigenvalue weighted by atomic mass is 35.5. The molecule has 2 rings (SSSR count). The Balaban J connectivity index is 2.50. The Morgan fingerprint density at radius 1 is 1.35 bits per heavy atom. The van der Waals surface area contributed by atoms with Crippen molar-refractivity contribution < 1.29 is 14.3 Å². The molecular weight excluding hydrogens is 278 g/mol. The molecule has 1 heterocycles. The molecule has 0 fully saturated rings. The number of esters is 1. The summed E-state index contributed by atoms with van der Waals surface area (Å²) in [5.74, 6) is -0.217. The molecule has 4 nitrogen and oxygen atoms in total. The maximum atomic E-state index is 12.2. The third-order valence-electron chi connectivity index (χ3n) is 2.99. The smallest absolute Gasteiger partial charge is 0.308 e. The van der Waals surface area contributed by atoms with Gasteiger partial charge in [-0.25, -0.2) is 0 Å². The molecule has 1 aromatic carbocycles. The number of benzene rings is 1. The van der Waals surface area contributed by atoms with Gasteiger partial charge in [0.25, 0.3) is 0 Å². The van der Waals surface area contributed by atoms with E-state index in [1.165, 1.54) is 6.92 Å². The van der Waals surface area contributed by atoms with Crippen LogP contribution in [-0.2, 0) is 4.79 Å². The maximum absolute atomic E-state index is 12.2. The van der Waals surface area contributed by atoms with Gasteiger partial charge in [-0.05, 0) is 24.6 Å². The fourth-order valence-electron chi connectivity index (χ4n) is 2.05. The molecule has 0 radical (unpaired) electrons. The first-order chi connectivity index (χ1) is 9.52. The van der Waals surface area contributed by atoms with Crippen LogP contribution >= 0.6 is 11.6 Å². The first-order valence-electron chi connectivity index (χ1n) is 6.55. The van der Waals surface area contributed by atoms with Crippen LogP contribution in [0, 0.1) is 0 Å². The van der Waals surface area contributed by atoms with Gasteiger partial charge in [0, 0.05) is 23.8 Å². The van der Waals surface area contributed by atoms with E-state index < -0.39 is 5.97 Å². The van der Waals surface area contributed by atoms with Gasteiger partial charge in [0.15, 0.2) is 11.5 Å². The number of ketones is 1. The van der Waals surface area contributed by atoms with Gasteiger partial charge in [-0.15, -0.1) is 0 Å². The van der Waals surface area contributed by atoms with E-state index in [9.17, 15) is 9.59 Å². The lowest BCUT2D eigenvalue weighted by molar-refractivity contribution is -0.131. The van der Waals surface area contributed by atoms with E-state index in [2.05, 4.69) is 4.98 Å². The first-order valence-corrected chi connectivity index (χ1v) is 6.93. The first kappa shape index (κ1) is 14.6. The number of aromatic amines is 1. The Bertz CT molecular complexity index is 660. The minimum atomic E-state index is -0.453. The summed E-state index contributed by atoms with van der Waals surface area (Å²) < 4.78 is 5.21. The van der Waals surface area contributed by atoms with Crippen molar-refractivity contribution in [1.29, 1.82) is 0 Å². The van der Waals surface area contributed by atoms with E-state index in [1.807, 2.05) is 6.92 Å². The van der Waals surface area contributed by atoms with Crippen molar-refractivity contribution in [3.8, 4) is 5.75 Å². The molecule has 0 amide bonds. The molecule has 0 aliphatic rings. The molecule has 106 valence electrons. The third-order valence-corrected chi connectivity index (χ3v) is 3.23. The summed E-state index contributed by atoms with van der Waals surface area (Å²) in [5.41, 5.74) is 1.03. The van der Waals surface area contributed by atoms with E-state index in [1.54, 1.807) is 18.2 Å². The van der Waals surface area contributed by atoms with Gasteiger partial charge in [-0.2, -0.15) is 0 Å². The van der Waals surface area contributed by atoms with Crippen LogP contribution in [0.2, 0.25) is 5.02 Å². The Hall–Kier alpha value is -1.81. The van der Waals surface area contributed by atoms with Gasteiger partial charge in [0.1, 0.15) is 5.69 Å². The highest BCUT2D eigenvalue weighted by Gasteiger charge is 2.20. The van der Waals surface area contributed by atoms with Crippen LogP contribution in [0.15, 0.2) is 18.2 Å². The van der Waals surface area contributed by atoms with E-state index >= 15 is 0 Å². The number of Topliss-reactive ketones (excluding diaryl/α,β-unsaturated/α-hetero) is 1. The zero-order valence-corrected chi connectivity index (χ0v) is 12.2. The quantitative estimate of drug-likeness (QED) is 0.666. The molecule has 0 saturated carbocycles. The van der Waals surface area contributed by atoms with Gasteiger partial charge < -0.3 is 9.72 Å². The molecular formula is C15H16ClNO3. The molecule has 5 heteroatoms. The van der Waals surface area contributed by atoms with Crippen LogP contribution in [0.4, 0.5) is 0 Å². The van der Waals surface area contributed by atoms with Crippen LogP contribution in [0.5, 0.6) is 5.75 Å². The molecule has 2 aromatic rings. The van der Waals surface area contributed by atoms with Gasteiger partial charge in [0.2, 0.25) is 0 Å². The zero-order valence-electron chi connectivity index (χ0n) is 11.5. The lowest BCUT2D eigenvalue weighted by atomic mass is 10.1. The molecule has 1 aromatic heterocycles. The number of ether oxygens (including phenoxy) is 1. The van der Waals surface area contributed by atoms with Crippen LogP contribution in [0.1, 0.15) is 43.6 Å². The van der Waals surface area contributed by atoms with E-state index in [0.29, 0.717) is 33.8 Å². The molecule has 0 atom stereocenters. The van der Waals surface area contributed by atoms with E-state index in [-0.39, 0.29) is 5.78 Å². The monoisotopic (exact) mass is 293 g/mol. The SMILES string of the molecule is CCCCC(=O)c1[nH]c2cc(Cl)ccc2c1OC(C)=O. The number of halogens is 1. The second-order valence-electron chi connectivity index (χ2n) is 4.64. The van der Waals surface area contributed by atoms with Crippen LogP contribution in [0.3, 0.4) is 0 Å². The van der Waals surface area contributed by atoms with Crippen molar-refractivity contribution in [2.45, 2.75) is 33.1 Å². The number of fused-ring (bicyclic) bond motifs is 1. The van der Waals surface area contributed by atoms with Crippen molar-refractivity contribution in [1.82, 2.24) is 4.98 Å². The second kappa shape index (κ2) is 6.09. The second-order valence-corrected chi connectivity index (χ2v) is 5.08. The normalized spacial score (nSPS) is 10.8. The lowest BCUT2D eigenvalue weighted by Gasteiger charge is -2.03. The highest BCUT2D eigenvalue weighted by molar-refractivity contribution is 6.31. The minimum Gasteiger partial charge on any atom is -0.424 e. The van der Waals surface area contributed by atoms with Crippen LogP contribution in [-0.4, -0.2) is 16.7 Å². The summed E-state index contributed by atoms with van der Waals surface area (Å²) in [5, 5.41) is 1.24. The van der Waals surface area contributed by atoms with Gasteiger partial charge in [0.05, 0.1) is 5.52 Å². The molecule has 1 N–H and O–H groups in total. The van der Waals surface area contributed by atoms with Crippen LogP contribution in [0.25, 0.3) is 10.9 Å². The number of rotatable bonds is 5. The number of hydrogen-bond donors (Lipinski definition) is 1. The number of aromatic nitrogens is 1. The van der Waals surface area contributed by atoms with Crippen molar-refractivity contribution in [3.05, 3.63) is 28.9 Å². The Morgan fingerprint density at radius 3 is 2.75 bits per heavy atom. The molecule has 0 unspecified atom stereocenters. The summed E-state index contributed by atoms with van der Waals surface area (Å²) in [6.45, 7) is 3.33. The Labute approximate surface area is 122 Å². The van der Waals surface area contributed by atoms with Crippen molar-refractivity contribution in [2.75, 3.05) is 0 Å². The Kier molecular flexibility index (Phi) is 4.45. The minimum absolute atomic E-state index is 0.0598. The third kappa shape index (κ3) is 3.02. The molecule has 0 spiro atoms. The molecule has 0 bridgehead atoms. The zero-order chi connectivity index (χ0) is 14.7. The van der Waals surface area contributed by atoms with Gasteiger partial charge >= 0.3 is 5.97 Å². The largest absolute Gasteiger partial charge is 0.424 e. The number of nitrogens with one attached hydrogen (secondary N) is 1. The molecule has 0 aliphatic carbocycles. The number of unbranched alkanes of at least 4 members (excludes halogenated alkanes) is 1. The molecule has 0 saturated heterocycles.